The van der Waals surface area contributed by atoms with Gasteiger partial charge in [-0.25, -0.2) is 0 Å². The van der Waals surface area contributed by atoms with Crippen molar-refractivity contribution in [3.05, 3.63) is 29.8 Å². The number of aliphatic hydroxyl groups is 1. The molecule has 0 bridgehead atoms. The summed E-state index contributed by atoms with van der Waals surface area (Å²) in [5, 5.41) is 9.19. The lowest BCUT2D eigenvalue weighted by Gasteiger charge is -2.07. The highest BCUT2D eigenvalue weighted by molar-refractivity contribution is 5.27. The molecule has 0 aliphatic heterocycles. The Kier molecular flexibility index (Phi) is 6.21. The van der Waals surface area contributed by atoms with E-state index in [2.05, 4.69) is 5.92 Å². The van der Waals surface area contributed by atoms with Crippen molar-refractivity contribution in [2.75, 3.05) is 6.61 Å². The topological polar surface area (TPSA) is 29.5 Å². The third-order valence-corrected chi connectivity index (χ3v) is 2.51. The van der Waals surface area contributed by atoms with Crippen LogP contribution in [0.1, 0.15) is 31.7 Å². The first-order chi connectivity index (χ1) is 8.22. The van der Waals surface area contributed by atoms with Gasteiger partial charge in [0.1, 0.15) is 5.75 Å². The van der Waals surface area contributed by atoms with Crippen molar-refractivity contribution in [1.29, 1.82) is 0 Å². The first-order valence-corrected chi connectivity index (χ1v) is 6.05. The minimum Gasteiger partial charge on any atom is -0.494 e. The van der Waals surface area contributed by atoms with E-state index in [1.807, 2.05) is 31.2 Å². The second-order valence-electron chi connectivity index (χ2n) is 4.19. The van der Waals surface area contributed by atoms with E-state index >= 15 is 0 Å². The number of aryl methyl sites for hydroxylation is 1. The van der Waals surface area contributed by atoms with Crippen molar-refractivity contribution in [2.24, 2.45) is 0 Å². The third kappa shape index (κ3) is 5.99. The molecule has 0 spiro atoms. The van der Waals surface area contributed by atoms with Crippen molar-refractivity contribution >= 4 is 0 Å². The zero-order chi connectivity index (χ0) is 12.5. The minimum atomic E-state index is -0.241. The summed E-state index contributed by atoms with van der Waals surface area (Å²) in [7, 11) is 0. The SMILES string of the molecule is C#CCCCOc1ccc(CCC(C)O)cc1. The predicted molar refractivity (Wildman–Crippen MR) is 70.0 cm³/mol. The summed E-state index contributed by atoms with van der Waals surface area (Å²) >= 11 is 0. The number of hydrogen-bond acceptors (Lipinski definition) is 2. The van der Waals surface area contributed by atoms with Crippen LogP contribution < -0.4 is 4.74 Å². The molecule has 2 heteroatoms. The van der Waals surface area contributed by atoms with Crippen LogP contribution in [0.4, 0.5) is 0 Å². The van der Waals surface area contributed by atoms with Gasteiger partial charge in [-0.3, -0.25) is 0 Å². The van der Waals surface area contributed by atoms with E-state index in [9.17, 15) is 5.11 Å². The standard InChI is InChI=1S/C15H20O2/c1-3-4-5-12-17-15-10-8-14(9-11-15)7-6-13(2)16/h1,8-11,13,16H,4-7,12H2,2H3. The fraction of sp³-hybridized carbons (Fsp3) is 0.467. The number of hydrogen-bond donors (Lipinski definition) is 1. The van der Waals surface area contributed by atoms with Gasteiger partial charge >= 0.3 is 0 Å². The average molecular weight is 232 g/mol. The normalized spacial score (nSPS) is 11.8. The maximum absolute atomic E-state index is 9.19. The molecule has 0 saturated heterocycles. The zero-order valence-electron chi connectivity index (χ0n) is 10.4. The van der Waals surface area contributed by atoms with Gasteiger partial charge in [-0.15, -0.1) is 12.3 Å². The van der Waals surface area contributed by atoms with Crippen LogP contribution in [0, 0.1) is 12.3 Å². The van der Waals surface area contributed by atoms with Crippen LogP contribution in [-0.4, -0.2) is 17.8 Å². The zero-order valence-corrected chi connectivity index (χ0v) is 10.4. The van der Waals surface area contributed by atoms with Gasteiger partial charge in [0.15, 0.2) is 0 Å². The summed E-state index contributed by atoms with van der Waals surface area (Å²) < 4.78 is 5.54. The van der Waals surface area contributed by atoms with Crippen LogP contribution in [-0.2, 0) is 6.42 Å². The molecule has 1 aromatic carbocycles. The van der Waals surface area contributed by atoms with Crippen LogP contribution >= 0.6 is 0 Å². The fourth-order valence-electron chi connectivity index (χ4n) is 1.49. The van der Waals surface area contributed by atoms with Crippen molar-refractivity contribution in [1.82, 2.24) is 0 Å². The quantitative estimate of drug-likeness (QED) is 0.578. The third-order valence-electron chi connectivity index (χ3n) is 2.51. The Balaban J connectivity index is 2.32. The minimum absolute atomic E-state index is 0.241. The Morgan fingerprint density at radius 3 is 2.65 bits per heavy atom. The van der Waals surface area contributed by atoms with Gasteiger partial charge in [0.25, 0.3) is 0 Å². The molecule has 0 saturated carbocycles. The molecule has 0 aromatic heterocycles. The van der Waals surface area contributed by atoms with Gasteiger partial charge in [0.2, 0.25) is 0 Å². The van der Waals surface area contributed by atoms with Crippen LogP contribution in [0.25, 0.3) is 0 Å². The summed E-state index contributed by atoms with van der Waals surface area (Å²) in [4.78, 5) is 0. The predicted octanol–water partition coefficient (Wildman–Crippen LogP) is 2.79. The molecule has 0 radical (unpaired) electrons. The van der Waals surface area contributed by atoms with E-state index in [1.54, 1.807) is 0 Å². The summed E-state index contributed by atoms with van der Waals surface area (Å²) in [5.74, 6) is 3.46. The van der Waals surface area contributed by atoms with Crippen LogP contribution in [0.3, 0.4) is 0 Å². The summed E-state index contributed by atoms with van der Waals surface area (Å²) in [5.41, 5.74) is 1.22. The van der Waals surface area contributed by atoms with Crippen LogP contribution in [0.2, 0.25) is 0 Å². The first kappa shape index (κ1) is 13.6. The lowest BCUT2D eigenvalue weighted by atomic mass is 10.1. The van der Waals surface area contributed by atoms with E-state index < -0.39 is 0 Å². The van der Waals surface area contributed by atoms with Gasteiger partial charge in [-0.05, 0) is 43.9 Å². The lowest BCUT2D eigenvalue weighted by molar-refractivity contribution is 0.185. The summed E-state index contributed by atoms with van der Waals surface area (Å²) in [6, 6.07) is 8.01. The van der Waals surface area contributed by atoms with Gasteiger partial charge < -0.3 is 9.84 Å². The molecule has 1 rings (SSSR count). The lowest BCUT2D eigenvalue weighted by Crippen LogP contribution is -2.01. The van der Waals surface area contributed by atoms with Crippen molar-refractivity contribution in [3.63, 3.8) is 0 Å². The molecule has 1 atom stereocenters. The number of terminal acetylenes is 1. The maximum atomic E-state index is 9.19. The molecular weight excluding hydrogens is 212 g/mol. The Morgan fingerprint density at radius 2 is 2.06 bits per heavy atom. The van der Waals surface area contributed by atoms with Gasteiger partial charge in [0.05, 0.1) is 12.7 Å². The molecule has 0 amide bonds. The van der Waals surface area contributed by atoms with Gasteiger partial charge in [0, 0.05) is 6.42 Å². The number of aliphatic hydroxyl groups excluding tert-OH is 1. The van der Waals surface area contributed by atoms with Crippen molar-refractivity contribution in [2.45, 2.75) is 38.7 Å². The second-order valence-corrected chi connectivity index (χ2v) is 4.19. The maximum Gasteiger partial charge on any atom is 0.119 e. The van der Waals surface area contributed by atoms with Crippen molar-refractivity contribution in [3.8, 4) is 18.1 Å². The largest absolute Gasteiger partial charge is 0.494 e. The number of ether oxygens (including phenoxy) is 1. The molecular formula is C15H20O2. The van der Waals surface area contributed by atoms with Crippen LogP contribution in [0.5, 0.6) is 5.75 Å². The second kappa shape index (κ2) is 7.76. The highest BCUT2D eigenvalue weighted by Gasteiger charge is 1.99. The molecule has 0 fully saturated rings. The molecule has 17 heavy (non-hydrogen) atoms. The molecule has 2 nitrogen and oxygen atoms in total. The molecule has 0 heterocycles. The average Bonchev–Trinajstić information content (AvgIpc) is 2.33. The Labute approximate surface area is 104 Å². The molecule has 1 aromatic rings. The smallest absolute Gasteiger partial charge is 0.119 e. The number of rotatable bonds is 7. The van der Waals surface area contributed by atoms with E-state index in [-0.39, 0.29) is 6.10 Å². The molecule has 1 unspecified atom stereocenters. The highest BCUT2D eigenvalue weighted by Crippen LogP contribution is 2.14. The first-order valence-electron chi connectivity index (χ1n) is 6.05. The monoisotopic (exact) mass is 232 g/mol. The van der Waals surface area contributed by atoms with Crippen molar-refractivity contribution < 1.29 is 9.84 Å². The Hall–Kier alpha value is -1.46. The summed E-state index contributed by atoms with van der Waals surface area (Å²) in [6.45, 7) is 2.47. The van der Waals surface area contributed by atoms with E-state index in [0.717, 1.165) is 31.4 Å². The molecule has 92 valence electrons. The molecule has 0 aliphatic rings. The fourth-order valence-corrected chi connectivity index (χ4v) is 1.49. The van der Waals surface area contributed by atoms with E-state index in [4.69, 9.17) is 11.2 Å². The summed E-state index contributed by atoms with van der Waals surface area (Å²) in [6.07, 6.45) is 8.26. The Morgan fingerprint density at radius 1 is 1.35 bits per heavy atom. The van der Waals surface area contributed by atoms with E-state index in [1.165, 1.54) is 5.56 Å². The number of benzene rings is 1. The number of unbranched alkanes of at least 4 members (excludes halogenated alkanes) is 1. The molecule has 1 N–H and O–H groups in total. The van der Waals surface area contributed by atoms with Gasteiger partial charge in [-0.1, -0.05) is 12.1 Å². The molecule has 0 aliphatic carbocycles. The Bertz CT molecular complexity index is 346. The van der Waals surface area contributed by atoms with E-state index in [0.29, 0.717) is 6.61 Å². The van der Waals surface area contributed by atoms with Gasteiger partial charge in [-0.2, -0.15) is 0 Å². The van der Waals surface area contributed by atoms with Crippen LogP contribution in [0.15, 0.2) is 24.3 Å². The highest BCUT2D eigenvalue weighted by atomic mass is 16.5.